The average Bonchev–Trinajstić information content (AvgIpc) is 0.820. The summed E-state index contributed by atoms with van der Waals surface area (Å²) in [5.74, 6) is -7.48. The van der Waals surface area contributed by atoms with Gasteiger partial charge in [-0.15, -0.1) is 0 Å². The van der Waals surface area contributed by atoms with Crippen LogP contribution in [0, 0.1) is 39.9 Å². The molecule has 3 aliphatic rings. The van der Waals surface area contributed by atoms with E-state index in [-0.39, 0.29) is 63.9 Å². The van der Waals surface area contributed by atoms with E-state index in [4.69, 9.17) is 138 Å². The van der Waals surface area contributed by atoms with Crippen LogP contribution in [0.2, 0.25) is 0 Å². The number of carboxylic acids is 1. The van der Waals surface area contributed by atoms with Crippen LogP contribution in [0.3, 0.4) is 0 Å². The molecule has 12 atom stereocenters. The van der Waals surface area contributed by atoms with Crippen LogP contribution in [0.1, 0.15) is 233 Å². The van der Waals surface area contributed by atoms with Gasteiger partial charge in [0.15, 0.2) is 0 Å². The van der Waals surface area contributed by atoms with Crippen molar-refractivity contribution in [2.24, 2.45) is 39.9 Å². The van der Waals surface area contributed by atoms with Gasteiger partial charge in [-0.2, -0.15) is 0 Å². The zero-order valence-corrected chi connectivity index (χ0v) is 92.5. The van der Waals surface area contributed by atoms with Crippen molar-refractivity contribution in [3.63, 3.8) is 0 Å². The third kappa shape index (κ3) is 42.5. The van der Waals surface area contributed by atoms with Crippen LogP contribution in [-0.2, 0) is 81.3 Å². The number of alkyl halides is 9. The van der Waals surface area contributed by atoms with E-state index in [2.05, 4.69) is 57.8 Å². The zero-order valence-electron chi connectivity index (χ0n) is 85.7. The van der Waals surface area contributed by atoms with Gasteiger partial charge in [-0.25, -0.2) is 36.0 Å². The van der Waals surface area contributed by atoms with E-state index in [0.717, 1.165) is 49.0 Å². The number of aliphatic hydroxyl groups excluding tert-OH is 3. The summed E-state index contributed by atoms with van der Waals surface area (Å²) in [6.07, 6.45) is 6.03. The summed E-state index contributed by atoms with van der Waals surface area (Å²) in [4.78, 5) is 178. The summed E-state index contributed by atoms with van der Waals surface area (Å²) in [6.45, 7) is 35.5. The molecule has 147 heavy (non-hydrogen) atoms. The van der Waals surface area contributed by atoms with Gasteiger partial charge in [-0.05, 0) is 204 Å². The van der Waals surface area contributed by atoms with Crippen LogP contribution in [-0.4, -0.2) is 252 Å². The van der Waals surface area contributed by atoms with Crippen LogP contribution >= 0.6 is 104 Å². The van der Waals surface area contributed by atoms with Gasteiger partial charge in [0.2, 0.25) is 64.5 Å². The molecular weight excluding hydrogens is 2100 g/mol. The number of aliphatic carboxylic acids is 1. The lowest BCUT2D eigenvalue weighted by Crippen LogP contribution is -2.61. The topological polar surface area (TPSA) is 512 Å². The molecule has 818 valence electrons. The van der Waals surface area contributed by atoms with Crippen LogP contribution < -0.4 is 57.1 Å². The van der Waals surface area contributed by atoms with Gasteiger partial charge in [0.1, 0.15) is 93.6 Å². The standard InChI is InChI=1S/2C31H42Cl3N5O7.C21H28N2O5.C16H25Cl3N2O5.CH4/c2*1-17(2)25(26(41)36-18(3)27(42)39-11-7-8-23(38-39)28(43)46-16-31(32,33)34)37-29(44)30(5,6)15-45-24-13-22-12-20(19(4)40)9-10-21(22)14-35-24;1-12(2)18(19(25)26)23-20(27)21(4,5)11-28-17-9-16-8-14(13(3)24)6-7-15(16)10-22-17;1-10(8-12(22)26-15(2,3)4)13(23)21-7-5-6-11(20-21)14(24)25-9-16(17,18)19;/h2*9-10,12-14,17-19,23,25,38,40H,7-8,11,15-16H2,1-6H3,(H,36,41)(H,37,44);6-10,12-13,18,24H,11H2,1-5H3,(H,23,27)(H,25,26);10-11,20H,5-9H2,1-4H3;1H4/t18-,19+,23+,25-;18-,19+,23-,25-;13-,18+;10-,11+;/m0011./s1. The van der Waals surface area contributed by atoms with Crippen molar-refractivity contribution in [1.29, 1.82) is 0 Å². The smallest absolute Gasteiger partial charge is 0.326 e. The number of aromatic nitrogens is 3. The summed E-state index contributed by atoms with van der Waals surface area (Å²) in [5, 5.41) is 61.4. The highest BCUT2D eigenvalue weighted by atomic mass is 35.6. The van der Waals surface area contributed by atoms with Gasteiger partial charge in [0.05, 0.1) is 41.0 Å². The molecular formula is C100H141Cl9N14O24. The molecule has 9 rings (SSSR count). The lowest BCUT2D eigenvalue weighted by molar-refractivity contribution is -0.160. The molecule has 3 fully saturated rings. The Morgan fingerprint density at radius 2 is 0.660 bits per heavy atom. The van der Waals surface area contributed by atoms with E-state index in [0.29, 0.717) is 75.8 Å². The minimum absolute atomic E-state index is 0. The number of carboxylic acid groups (broad SMARTS) is 1. The molecule has 0 unspecified atom stereocenters. The summed E-state index contributed by atoms with van der Waals surface area (Å²) in [5.41, 5.74) is 7.11. The molecule has 47 heteroatoms. The second-order valence-electron chi connectivity index (χ2n) is 40.1. The lowest BCUT2D eigenvalue weighted by atomic mass is 9.92. The van der Waals surface area contributed by atoms with Gasteiger partial charge in [-0.1, -0.05) is 197 Å². The Hall–Kier alpha value is -9.23. The predicted octanol–water partition coefficient (Wildman–Crippen LogP) is 13.8. The first-order valence-corrected chi connectivity index (χ1v) is 51.0. The highest BCUT2D eigenvalue weighted by molar-refractivity contribution is 6.68. The first-order valence-electron chi connectivity index (χ1n) is 47.6. The van der Waals surface area contributed by atoms with Crippen molar-refractivity contribution in [1.82, 2.24) is 72.8 Å². The SMILES string of the molecule is C.CC(C)[C@H](NC(=O)C(C)(C)COc1cc2cc([C@@H](C)O)ccc2cn1)C(=O)N[C@@H](C)C(=O)N1CCC[C@@H](C(=O)OCC(Cl)(Cl)Cl)N1.CC(C)[C@H](NC(=O)C(C)(C)COc1cc2cc([C@@H](C)O)ccc2cn1)C(=O)N[C@@H](C)C(=O)N1CCC[C@H](C(=O)OCC(Cl)(Cl)Cl)N1.CC(C)[C@H](NC(=O)C(C)(C)COc1cc2cc([C@@H](C)O)ccc2cn1)C(=O)O.C[C@H](CC(=O)OC(C)(C)C)C(=O)N1CCC[C@@H](C(=O)OCC(Cl)(Cl)Cl)N1. The Bertz CT molecular complexity index is 5290. The largest absolute Gasteiger partial charge is 0.480 e. The van der Waals surface area contributed by atoms with Gasteiger partial charge >= 0.3 is 29.8 Å². The first kappa shape index (κ1) is 128. The molecule has 3 aliphatic heterocycles. The number of esters is 4. The van der Waals surface area contributed by atoms with Gasteiger partial charge in [0, 0.05) is 78.5 Å². The Morgan fingerprint density at radius 1 is 0.388 bits per heavy atom. The number of halogens is 9. The van der Waals surface area contributed by atoms with Crippen LogP contribution in [0.4, 0.5) is 0 Å². The number of pyridine rings is 3. The molecule has 8 amide bonds. The summed E-state index contributed by atoms with van der Waals surface area (Å²) in [7, 11) is 0. The Labute approximate surface area is 902 Å². The van der Waals surface area contributed by atoms with Crippen LogP contribution in [0.15, 0.2) is 91.4 Å². The summed E-state index contributed by atoms with van der Waals surface area (Å²) in [6, 6.07) is 14.8. The number of hydrogen-bond donors (Lipinski definition) is 12. The van der Waals surface area contributed by atoms with Crippen LogP contribution in [0.5, 0.6) is 17.6 Å². The molecule has 6 heterocycles. The maximum atomic E-state index is 13.3. The monoisotopic (exact) mass is 2240 g/mol. The third-order valence-electron chi connectivity index (χ3n) is 23.0. The summed E-state index contributed by atoms with van der Waals surface area (Å²) < 4.78 is 32.5. The molecule has 0 saturated carbocycles. The number of ether oxygens (including phenoxy) is 7. The molecule has 0 radical (unpaired) electrons. The molecule has 3 saturated heterocycles. The van der Waals surface area contributed by atoms with Crippen molar-refractivity contribution < 1.29 is 116 Å². The van der Waals surface area contributed by atoms with E-state index in [1.54, 1.807) is 168 Å². The van der Waals surface area contributed by atoms with Crippen molar-refractivity contribution in [2.75, 3.05) is 59.3 Å². The third-order valence-corrected chi connectivity index (χ3v) is 24.0. The molecule has 0 spiro atoms. The fraction of sp³-hybridized carbons (Fsp3) is 0.600. The Balaban J connectivity index is 0.000000355. The first-order chi connectivity index (χ1) is 67.5. The fourth-order valence-corrected chi connectivity index (χ4v) is 14.8. The second kappa shape index (κ2) is 56.8. The van der Waals surface area contributed by atoms with Gasteiger partial charge in [-0.3, -0.25) is 72.6 Å². The lowest BCUT2D eigenvalue weighted by Gasteiger charge is -2.35. The molecule has 12 N–H and O–H groups in total. The molecule has 3 aromatic heterocycles. The Kier molecular flexibility index (Phi) is 49.5. The van der Waals surface area contributed by atoms with E-state index in [9.17, 15) is 82.8 Å². The van der Waals surface area contributed by atoms with E-state index in [1.807, 2.05) is 54.6 Å². The normalized spacial score (nSPS) is 17.2. The number of aliphatic hydroxyl groups is 3. The second-order valence-corrected chi connectivity index (χ2v) is 47.7. The van der Waals surface area contributed by atoms with Gasteiger partial charge in [0.25, 0.3) is 11.8 Å². The predicted molar refractivity (Wildman–Crippen MR) is 562 cm³/mol. The molecule has 38 nitrogen and oxygen atoms in total. The number of carbonyl (C=O) groups is 13. The van der Waals surface area contributed by atoms with E-state index >= 15 is 0 Å². The highest BCUT2D eigenvalue weighted by Gasteiger charge is 2.43. The number of nitrogens with one attached hydrogen (secondary N) is 8. The number of hydrogen-bond acceptors (Lipinski definition) is 29. The number of amides is 8. The zero-order chi connectivity index (χ0) is 110. The van der Waals surface area contributed by atoms with Crippen molar-refractivity contribution in [3.8, 4) is 17.6 Å². The quantitative estimate of drug-likeness (QED) is 0.00979. The van der Waals surface area contributed by atoms with Crippen LogP contribution in [0.25, 0.3) is 32.3 Å². The molecule has 0 bridgehead atoms. The number of carbonyl (C=O) groups excluding carboxylic acids is 12. The maximum absolute atomic E-state index is 13.3. The van der Waals surface area contributed by atoms with E-state index in [1.165, 1.54) is 28.9 Å². The minimum Gasteiger partial charge on any atom is -0.480 e. The van der Waals surface area contributed by atoms with E-state index < -0.39 is 190 Å². The number of rotatable bonds is 37. The fourth-order valence-electron chi connectivity index (χ4n) is 14.3. The average molecular weight is 2240 g/mol. The van der Waals surface area contributed by atoms with Crippen molar-refractivity contribution in [3.05, 3.63) is 108 Å². The summed E-state index contributed by atoms with van der Waals surface area (Å²) >= 11 is 50.6. The minimum atomic E-state index is -1.76. The molecule has 0 aliphatic carbocycles. The van der Waals surface area contributed by atoms with Gasteiger partial charge < -0.3 is 80.2 Å². The van der Waals surface area contributed by atoms with Crippen molar-refractivity contribution in [2.45, 2.75) is 281 Å². The Morgan fingerprint density at radius 3 is 0.912 bits per heavy atom. The number of hydrazine groups is 3. The maximum Gasteiger partial charge on any atom is 0.326 e. The molecule has 6 aromatic rings. The highest BCUT2D eigenvalue weighted by Crippen LogP contribution is 2.34. The van der Waals surface area contributed by atoms with Crippen molar-refractivity contribution >= 4 is 214 Å². The number of fused-ring (bicyclic) bond motifs is 3. The molecule has 3 aromatic carbocycles. The number of benzene rings is 3. The number of nitrogens with zero attached hydrogens (tertiary/aromatic N) is 6.